The summed E-state index contributed by atoms with van der Waals surface area (Å²) in [4.78, 5) is 26.8. The Morgan fingerprint density at radius 1 is 0.983 bits per heavy atom. The highest BCUT2D eigenvalue weighted by molar-refractivity contribution is 7.19. The number of fused-ring (bicyclic) bond motifs is 1. The number of hydrogen-bond acceptors (Lipinski definition) is 12. The van der Waals surface area contributed by atoms with Crippen LogP contribution in [-0.4, -0.2) is 90.6 Å². The number of aromatic nitrogens is 4. The van der Waals surface area contributed by atoms with Gasteiger partial charge in [-0.2, -0.15) is 0 Å². The number of β-amino-alcohol motifs (C(OH)–C–C–N with tert-alkyl or cyclic N) is 1. The van der Waals surface area contributed by atoms with Gasteiger partial charge in [0.2, 0.25) is 5.91 Å². The Morgan fingerprint density at radius 2 is 1.75 bits per heavy atom. The van der Waals surface area contributed by atoms with E-state index in [4.69, 9.17) is 4.52 Å². The van der Waals surface area contributed by atoms with E-state index in [1.54, 1.807) is 28.7 Å². The van der Waals surface area contributed by atoms with Gasteiger partial charge in [0.05, 0.1) is 33.6 Å². The minimum absolute atomic E-state index is 0.000750. The van der Waals surface area contributed by atoms with Crippen molar-refractivity contribution >= 4 is 38.8 Å². The Balaban J connectivity index is 0.785. The molecule has 3 N–H and O–H groups in total. The summed E-state index contributed by atoms with van der Waals surface area (Å²) in [7, 11) is 0. The first kappa shape index (κ1) is 40.9. The summed E-state index contributed by atoms with van der Waals surface area (Å²) in [5.74, 6) is 1.21. The minimum atomic E-state index is -0.555. The van der Waals surface area contributed by atoms with Gasteiger partial charge in [-0.1, -0.05) is 55.4 Å². The number of hydrogen-bond donors (Lipinski definition) is 3. The molecule has 2 aliphatic heterocycles. The van der Waals surface area contributed by atoms with Crippen molar-refractivity contribution < 1.29 is 19.5 Å². The molecule has 2 saturated heterocycles. The lowest BCUT2D eigenvalue weighted by atomic mass is 9.76. The second-order valence-corrected chi connectivity index (χ2v) is 19.5. The van der Waals surface area contributed by atoms with Crippen LogP contribution in [0, 0.1) is 19.8 Å². The Hall–Kier alpha value is -4.53. The third-order valence-corrected chi connectivity index (χ3v) is 15.7. The molecule has 0 spiro atoms. The second kappa shape index (κ2) is 17.1. The number of aliphatic hydroxyl groups excluding tert-OH is 1. The maximum Gasteiger partial charge on any atom is 0.234 e. The Morgan fingerprint density at radius 3 is 2.47 bits per heavy atom. The van der Waals surface area contributed by atoms with Gasteiger partial charge in [-0.15, -0.1) is 32.9 Å². The molecule has 4 atom stereocenters. The zero-order valence-corrected chi connectivity index (χ0v) is 36.7. The average molecular weight is 846 g/mol. The number of thiazole rings is 1. The number of rotatable bonds is 12. The molecule has 11 nitrogen and oxygen atoms in total. The quantitative estimate of drug-likeness (QED) is 0.109. The molecule has 6 aromatic rings. The standard InChI is InChI=1S/C47H55N7O4S2/c1-26(2)43(47(57)54-24-36(55)20-35(54)23-48-28(4)30-10-12-31(13-11-30)45-29(5)49-25-59-45)42-22-39(52-58-42)33-18-34(19-33)53-16-14-32(15-17-53)44-27(3)38-21-40(50-51-46(38)60-44)37-8-6-7-9-41(37)56/h6-13,21-22,25-26,28,32-36,43,48,55-56H,14-20,23-24H2,1-5H3/t28-,33?,34?,35?,36+,43+/m0/s1. The monoisotopic (exact) mass is 845 g/mol. The topological polar surface area (TPSA) is 141 Å². The van der Waals surface area contributed by atoms with Gasteiger partial charge >= 0.3 is 0 Å². The predicted octanol–water partition coefficient (Wildman–Crippen LogP) is 8.97. The van der Waals surface area contributed by atoms with E-state index in [-0.39, 0.29) is 29.7 Å². The number of aromatic hydroxyl groups is 1. The van der Waals surface area contributed by atoms with E-state index < -0.39 is 12.0 Å². The number of carbonyl (C=O) groups excluding carboxylic acids is 1. The van der Waals surface area contributed by atoms with E-state index in [9.17, 15) is 15.0 Å². The van der Waals surface area contributed by atoms with Crippen LogP contribution in [0.5, 0.6) is 5.75 Å². The fraction of sp³-hybridized carbons (Fsp3) is 0.468. The predicted molar refractivity (Wildman–Crippen MR) is 237 cm³/mol. The molecule has 0 bridgehead atoms. The van der Waals surface area contributed by atoms with Gasteiger partial charge in [0.15, 0.2) is 0 Å². The third kappa shape index (κ3) is 8.02. The summed E-state index contributed by atoms with van der Waals surface area (Å²) >= 11 is 3.42. The first-order valence-corrected chi connectivity index (χ1v) is 23.2. The SMILES string of the molecule is Cc1ncsc1-c1ccc([C@H](C)NCC2C[C@@H](O)CN2C(=O)[C@@H](c2cc(C3CC(N4CCC(c5sc6nnc(-c7ccccc7O)cc6c5C)CC4)C3)no2)C(C)C)cc1. The van der Waals surface area contributed by atoms with Crippen LogP contribution in [0.4, 0.5) is 0 Å². The van der Waals surface area contributed by atoms with Crippen molar-refractivity contribution in [3.63, 3.8) is 0 Å². The Kier molecular flexibility index (Phi) is 11.6. The molecule has 314 valence electrons. The summed E-state index contributed by atoms with van der Waals surface area (Å²) in [6, 6.07) is 20.5. The largest absolute Gasteiger partial charge is 0.507 e. The molecule has 2 aromatic carbocycles. The number of aliphatic hydroxyl groups is 1. The number of likely N-dealkylation sites (tertiary alicyclic amines) is 2. The molecule has 0 radical (unpaired) electrons. The number of nitrogens with one attached hydrogen (secondary N) is 1. The number of aryl methyl sites for hydroxylation is 2. The van der Waals surface area contributed by atoms with Crippen LogP contribution in [-0.2, 0) is 4.79 Å². The lowest BCUT2D eigenvalue weighted by Gasteiger charge is -2.45. The summed E-state index contributed by atoms with van der Waals surface area (Å²) in [6.07, 6.45) is 4.30. The van der Waals surface area contributed by atoms with Crippen molar-refractivity contribution in [3.8, 4) is 27.4 Å². The highest BCUT2D eigenvalue weighted by Gasteiger charge is 2.42. The molecule has 3 fully saturated rings. The van der Waals surface area contributed by atoms with Crippen LogP contribution in [0.25, 0.3) is 31.9 Å². The van der Waals surface area contributed by atoms with Gasteiger partial charge in [-0.05, 0) is 113 Å². The van der Waals surface area contributed by atoms with Crippen LogP contribution in [0.3, 0.4) is 0 Å². The van der Waals surface area contributed by atoms with E-state index >= 15 is 0 Å². The molecular formula is C47H55N7O4S2. The Labute approximate surface area is 359 Å². The van der Waals surface area contributed by atoms with Crippen LogP contribution >= 0.6 is 22.7 Å². The number of amides is 1. The van der Waals surface area contributed by atoms with Crippen molar-refractivity contribution in [2.24, 2.45) is 5.92 Å². The minimum Gasteiger partial charge on any atom is -0.507 e. The van der Waals surface area contributed by atoms with Crippen molar-refractivity contribution in [3.05, 3.63) is 99.3 Å². The van der Waals surface area contributed by atoms with E-state index in [1.807, 2.05) is 41.6 Å². The maximum atomic E-state index is 14.3. The molecule has 6 heterocycles. The first-order valence-electron chi connectivity index (χ1n) is 21.5. The van der Waals surface area contributed by atoms with Gasteiger partial charge in [-0.25, -0.2) is 4.98 Å². The van der Waals surface area contributed by atoms with Gasteiger partial charge in [0.25, 0.3) is 0 Å². The number of phenolic OH excluding ortho intramolecular Hbond substituents is 1. The van der Waals surface area contributed by atoms with Crippen molar-refractivity contribution in [1.29, 1.82) is 0 Å². The first-order chi connectivity index (χ1) is 29.0. The van der Waals surface area contributed by atoms with Crippen LogP contribution in [0.1, 0.15) is 110 Å². The molecule has 4 aromatic heterocycles. The number of phenols is 1. The molecule has 13 heteroatoms. The fourth-order valence-corrected chi connectivity index (χ4v) is 11.8. The molecule has 1 saturated carbocycles. The molecule has 1 aliphatic carbocycles. The van der Waals surface area contributed by atoms with Crippen LogP contribution < -0.4 is 5.32 Å². The summed E-state index contributed by atoms with van der Waals surface area (Å²) < 4.78 is 5.99. The summed E-state index contributed by atoms with van der Waals surface area (Å²) in [5, 5.41) is 39.5. The zero-order chi connectivity index (χ0) is 41.7. The van der Waals surface area contributed by atoms with E-state index in [0.29, 0.717) is 54.4 Å². The fourth-order valence-electron chi connectivity index (χ4n) is 9.75. The van der Waals surface area contributed by atoms with Crippen molar-refractivity contribution in [2.45, 2.75) is 109 Å². The number of carbonyl (C=O) groups is 1. The van der Waals surface area contributed by atoms with Gasteiger partial charge in [0.1, 0.15) is 22.3 Å². The van der Waals surface area contributed by atoms with Crippen molar-refractivity contribution in [1.82, 2.24) is 35.5 Å². The van der Waals surface area contributed by atoms with Crippen LogP contribution in [0.2, 0.25) is 0 Å². The number of nitrogens with zero attached hydrogens (tertiary/aromatic N) is 6. The molecule has 1 unspecified atom stereocenters. The smallest absolute Gasteiger partial charge is 0.234 e. The molecule has 1 amide bonds. The number of benzene rings is 2. The van der Waals surface area contributed by atoms with Crippen molar-refractivity contribution in [2.75, 3.05) is 26.2 Å². The van der Waals surface area contributed by atoms with Crippen LogP contribution in [0.15, 0.2) is 70.7 Å². The van der Waals surface area contributed by atoms with Gasteiger partial charge < -0.3 is 29.9 Å². The molecule has 9 rings (SSSR count). The normalized spacial score (nSPS) is 22.4. The number of piperidine rings is 1. The number of thiophene rings is 1. The lowest BCUT2D eigenvalue weighted by Crippen LogP contribution is -2.47. The average Bonchev–Trinajstić information content (AvgIpc) is 4.04. The summed E-state index contributed by atoms with van der Waals surface area (Å²) in [6.45, 7) is 13.6. The highest BCUT2D eigenvalue weighted by Crippen LogP contribution is 2.45. The molecular weight excluding hydrogens is 791 g/mol. The highest BCUT2D eigenvalue weighted by atomic mass is 32.1. The Bertz CT molecular complexity index is 2450. The maximum absolute atomic E-state index is 14.3. The van der Waals surface area contributed by atoms with Gasteiger partial charge in [-0.3, -0.25) is 4.79 Å². The van der Waals surface area contributed by atoms with Gasteiger partial charge in [0, 0.05) is 59.0 Å². The van der Waals surface area contributed by atoms with E-state index in [1.165, 1.54) is 26.4 Å². The van der Waals surface area contributed by atoms with E-state index in [0.717, 1.165) is 60.4 Å². The number of para-hydroxylation sites is 1. The van der Waals surface area contributed by atoms with E-state index in [2.05, 4.69) is 88.6 Å². The second-order valence-electron chi connectivity index (χ2n) is 17.6. The lowest BCUT2D eigenvalue weighted by molar-refractivity contribution is -0.135. The molecule has 60 heavy (non-hydrogen) atoms. The molecule has 3 aliphatic rings. The zero-order valence-electron chi connectivity index (χ0n) is 35.0. The summed E-state index contributed by atoms with van der Waals surface area (Å²) in [5.41, 5.74) is 8.90. The third-order valence-electron chi connectivity index (χ3n) is 13.4.